The van der Waals surface area contributed by atoms with Gasteiger partial charge in [0.05, 0.1) is 10.0 Å². The second-order valence-corrected chi connectivity index (χ2v) is 8.21. The second-order valence-electron chi connectivity index (χ2n) is 6.48. The zero-order valence-corrected chi connectivity index (χ0v) is 19.4. The summed E-state index contributed by atoms with van der Waals surface area (Å²) >= 11 is 15.4. The summed E-state index contributed by atoms with van der Waals surface area (Å²) in [6.45, 7) is 4.23. The van der Waals surface area contributed by atoms with Crippen LogP contribution in [-0.2, 0) is 16.1 Å². The van der Waals surface area contributed by atoms with Crippen LogP contribution in [0.2, 0.25) is 10.0 Å². The lowest BCUT2D eigenvalue weighted by Gasteiger charge is -2.28. The molecule has 0 aliphatic heterocycles. The van der Waals surface area contributed by atoms with Gasteiger partial charge in [-0.15, -0.1) is 0 Å². The van der Waals surface area contributed by atoms with E-state index in [4.69, 9.17) is 27.9 Å². The normalized spacial score (nSPS) is 11.6. The van der Waals surface area contributed by atoms with Crippen LogP contribution in [0.5, 0.6) is 5.75 Å². The van der Waals surface area contributed by atoms with Gasteiger partial charge in [0.1, 0.15) is 11.8 Å². The Bertz CT molecular complexity index is 846. The van der Waals surface area contributed by atoms with Crippen molar-refractivity contribution in [3.05, 3.63) is 62.5 Å². The highest BCUT2D eigenvalue weighted by atomic mass is 79.9. The monoisotopic (exact) mass is 500 g/mol. The maximum Gasteiger partial charge on any atom is 0.261 e. The molecule has 8 heteroatoms. The standard InChI is InChI=1S/C21H23BrCl2N2O3/c1-3-10-25-21(28)14(2)26(12-15-4-9-18(23)19(24)11-15)20(27)13-29-17-7-5-16(22)6-8-17/h4-9,11,14H,3,10,12-13H2,1-2H3,(H,25,28). The van der Waals surface area contributed by atoms with Crippen LogP contribution >= 0.6 is 39.1 Å². The molecule has 1 N–H and O–H groups in total. The number of nitrogens with one attached hydrogen (secondary N) is 1. The van der Waals surface area contributed by atoms with Crippen molar-refractivity contribution >= 4 is 50.9 Å². The van der Waals surface area contributed by atoms with Crippen molar-refractivity contribution in [1.82, 2.24) is 10.2 Å². The molecule has 5 nitrogen and oxygen atoms in total. The quantitative estimate of drug-likeness (QED) is 0.521. The lowest BCUT2D eigenvalue weighted by molar-refractivity contribution is -0.142. The molecule has 156 valence electrons. The van der Waals surface area contributed by atoms with Crippen LogP contribution in [0.15, 0.2) is 46.9 Å². The Morgan fingerprint density at radius 3 is 2.45 bits per heavy atom. The molecule has 2 aromatic carbocycles. The molecule has 2 amide bonds. The van der Waals surface area contributed by atoms with E-state index in [1.165, 1.54) is 4.90 Å². The van der Waals surface area contributed by atoms with E-state index in [0.29, 0.717) is 22.3 Å². The van der Waals surface area contributed by atoms with Crippen molar-refractivity contribution in [3.63, 3.8) is 0 Å². The summed E-state index contributed by atoms with van der Waals surface area (Å²) in [5.74, 6) is 0.0427. The number of carbonyl (C=O) groups is 2. The smallest absolute Gasteiger partial charge is 0.261 e. The van der Waals surface area contributed by atoms with Crippen molar-refractivity contribution in [2.75, 3.05) is 13.2 Å². The van der Waals surface area contributed by atoms with Crippen molar-refractivity contribution in [1.29, 1.82) is 0 Å². The van der Waals surface area contributed by atoms with E-state index in [9.17, 15) is 9.59 Å². The number of benzene rings is 2. The van der Waals surface area contributed by atoms with Crippen molar-refractivity contribution in [2.45, 2.75) is 32.9 Å². The SMILES string of the molecule is CCCNC(=O)C(C)N(Cc1ccc(Cl)c(Cl)c1)C(=O)COc1ccc(Br)cc1. The Morgan fingerprint density at radius 1 is 1.14 bits per heavy atom. The second kappa shape index (κ2) is 11.4. The molecule has 2 rings (SSSR count). The summed E-state index contributed by atoms with van der Waals surface area (Å²) in [4.78, 5) is 26.9. The first kappa shape index (κ1) is 23.5. The van der Waals surface area contributed by atoms with Gasteiger partial charge in [-0.2, -0.15) is 0 Å². The molecular formula is C21H23BrCl2N2O3. The zero-order valence-electron chi connectivity index (χ0n) is 16.3. The molecule has 0 aliphatic rings. The van der Waals surface area contributed by atoms with Crippen LogP contribution in [0, 0.1) is 0 Å². The van der Waals surface area contributed by atoms with E-state index in [-0.39, 0.29) is 25.0 Å². The molecular weight excluding hydrogens is 479 g/mol. The van der Waals surface area contributed by atoms with Gasteiger partial charge in [-0.25, -0.2) is 0 Å². The molecule has 0 bridgehead atoms. The lowest BCUT2D eigenvalue weighted by Crippen LogP contribution is -2.49. The Morgan fingerprint density at radius 2 is 1.83 bits per heavy atom. The number of halogens is 3. The van der Waals surface area contributed by atoms with Crippen LogP contribution in [0.4, 0.5) is 0 Å². The van der Waals surface area contributed by atoms with Crippen LogP contribution in [0.3, 0.4) is 0 Å². The average Bonchev–Trinajstić information content (AvgIpc) is 2.71. The molecule has 0 spiro atoms. The van der Waals surface area contributed by atoms with Crippen LogP contribution < -0.4 is 10.1 Å². The summed E-state index contributed by atoms with van der Waals surface area (Å²) in [5.41, 5.74) is 0.770. The highest BCUT2D eigenvalue weighted by Crippen LogP contribution is 2.24. The summed E-state index contributed by atoms with van der Waals surface area (Å²) in [7, 11) is 0. The van der Waals surface area contributed by atoms with Gasteiger partial charge in [-0.1, -0.05) is 52.1 Å². The van der Waals surface area contributed by atoms with E-state index < -0.39 is 6.04 Å². The third-order valence-corrected chi connectivity index (χ3v) is 5.50. The number of hydrogen-bond acceptors (Lipinski definition) is 3. The Labute approximate surface area is 189 Å². The molecule has 0 aromatic heterocycles. The minimum atomic E-state index is -0.669. The largest absolute Gasteiger partial charge is 0.484 e. The van der Waals surface area contributed by atoms with Crippen molar-refractivity contribution in [2.24, 2.45) is 0 Å². The number of carbonyl (C=O) groups excluding carboxylic acids is 2. The Balaban J connectivity index is 2.15. The molecule has 1 atom stereocenters. The number of nitrogens with zero attached hydrogens (tertiary/aromatic N) is 1. The van der Waals surface area contributed by atoms with Gasteiger partial charge in [0.25, 0.3) is 5.91 Å². The number of rotatable bonds is 9. The predicted octanol–water partition coefficient (Wildman–Crippen LogP) is 5.08. The lowest BCUT2D eigenvalue weighted by atomic mass is 10.1. The number of ether oxygens (including phenoxy) is 1. The minimum Gasteiger partial charge on any atom is -0.484 e. The molecule has 0 saturated heterocycles. The highest BCUT2D eigenvalue weighted by Gasteiger charge is 2.26. The molecule has 0 heterocycles. The highest BCUT2D eigenvalue weighted by molar-refractivity contribution is 9.10. The van der Waals surface area contributed by atoms with Gasteiger partial charge in [-0.3, -0.25) is 9.59 Å². The average molecular weight is 502 g/mol. The van der Waals surface area contributed by atoms with Gasteiger partial charge in [0, 0.05) is 17.6 Å². The first-order valence-corrected chi connectivity index (χ1v) is 10.8. The maximum absolute atomic E-state index is 12.9. The first-order valence-electron chi connectivity index (χ1n) is 9.21. The van der Waals surface area contributed by atoms with Gasteiger partial charge in [0.2, 0.25) is 5.91 Å². The Hall–Kier alpha value is -1.76. The van der Waals surface area contributed by atoms with Gasteiger partial charge in [0.15, 0.2) is 6.61 Å². The first-order chi connectivity index (χ1) is 13.8. The molecule has 0 saturated carbocycles. The van der Waals surface area contributed by atoms with Gasteiger partial charge < -0.3 is 15.0 Å². The molecule has 0 fully saturated rings. The fraction of sp³-hybridized carbons (Fsp3) is 0.333. The topological polar surface area (TPSA) is 58.6 Å². The van der Waals surface area contributed by atoms with E-state index in [0.717, 1.165) is 16.5 Å². The third kappa shape index (κ3) is 7.21. The van der Waals surface area contributed by atoms with Crippen molar-refractivity contribution in [3.8, 4) is 5.75 Å². The molecule has 29 heavy (non-hydrogen) atoms. The van der Waals surface area contributed by atoms with Crippen LogP contribution in [0.1, 0.15) is 25.8 Å². The van der Waals surface area contributed by atoms with E-state index in [2.05, 4.69) is 21.2 Å². The van der Waals surface area contributed by atoms with Crippen LogP contribution in [0.25, 0.3) is 0 Å². The molecule has 1 unspecified atom stereocenters. The summed E-state index contributed by atoms with van der Waals surface area (Å²) in [5, 5.41) is 3.65. The van der Waals surface area contributed by atoms with Crippen molar-refractivity contribution < 1.29 is 14.3 Å². The molecule has 0 radical (unpaired) electrons. The zero-order chi connectivity index (χ0) is 21.4. The summed E-state index contributed by atoms with van der Waals surface area (Å²) in [6, 6.07) is 11.6. The van der Waals surface area contributed by atoms with E-state index in [1.54, 1.807) is 37.3 Å². The minimum absolute atomic E-state index is 0.186. The maximum atomic E-state index is 12.9. The predicted molar refractivity (Wildman–Crippen MR) is 119 cm³/mol. The summed E-state index contributed by atoms with van der Waals surface area (Å²) < 4.78 is 6.52. The van der Waals surface area contributed by atoms with Gasteiger partial charge >= 0.3 is 0 Å². The number of hydrogen-bond donors (Lipinski definition) is 1. The fourth-order valence-electron chi connectivity index (χ4n) is 2.57. The Kier molecular flexibility index (Phi) is 9.27. The van der Waals surface area contributed by atoms with Crippen LogP contribution in [-0.4, -0.2) is 35.9 Å². The van der Waals surface area contributed by atoms with E-state index in [1.807, 2.05) is 19.1 Å². The molecule has 2 aromatic rings. The van der Waals surface area contributed by atoms with E-state index >= 15 is 0 Å². The molecule has 0 aliphatic carbocycles. The fourth-order valence-corrected chi connectivity index (χ4v) is 3.16. The third-order valence-electron chi connectivity index (χ3n) is 4.23. The van der Waals surface area contributed by atoms with Gasteiger partial charge in [-0.05, 0) is 55.3 Å². The summed E-state index contributed by atoms with van der Waals surface area (Å²) in [6.07, 6.45) is 0.811. The number of amides is 2.